The SMILES string of the molecule is CCc1cccc(C)c1NC(=O)C(=O)Nc1ccc(C#N)cc1. The highest BCUT2D eigenvalue weighted by atomic mass is 16.2. The Morgan fingerprint density at radius 3 is 2.30 bits per heavy atom. The van der Waals surface area contributed by atoms with Crippen LogP contribution >= 0.6 is 0 Å². The number of nitriles is 1. The second-order valence-electron chi connectivity index (χ2n) is 5.06. The van der Waals surface area contributed by atoms with E-state index in [1.54, 1.807) is 24.3 Å². The number of hydrogen-bond acceptors (Lipinski definition) is 3. The van der Waals surface area contributed by atoms with Crippen LogP contribution in [0.25, 0.3) is 0 Å². The monoisotopic (exact) mass is 307 g/mol. The van der Waals surface area contributed by atoms with Crippen LogP contribution in [0.4, 0.5) is 11.4 Å². The third-order valence-electron chi connectivity index (χ3n) is 3.46. The summed E-state index contributed by atoms with van der Waals surface area (Å²) in [6.07, 6.45) is 0.758. The molecule has 5 heteroatoms. The number of anilines is 2. The summed E-state index contributed by atoms with van der Waals surface area (Å²) in [4.78, 5) is 24.1. The van der Waals surface area contributed by atoms with Gasteiger partial charge in [-0.25, -0.2) is 0 Å². The summed E-state index contributed by atoms with van der Waals surface area (Å²) < 4.78 is 0. The highest BCUT2D eigenvalue weighted by Crippen LogP contribution is 2.21. The van der Waals surface area contributed by atoms with Crippen LogP contribution in [0.1, 0.15) is 23.6 Å². The maximum absolute atomic E-state index is 12.1. The van der Waals surface area contributed by atoms with Crippen LogP contribution < -0.4 is 10.6 Å². The van der Waals surface area contributed by atoms with Gasteiger partial charge in [-0.3, -0.25) is 9.59 Å². The van der Waals surface area contributed by atoms with Crippen molar-refractivity contribution in [3.05, 3.63) is 59.2 Å². The van der Waals surface area contributed by atoms with Crippen LogP contribution in [-0.2, 0) is 16.0 Å². The molecule has 0 atom stereocenters. The van der Waals surface area contributed by atoms with E-state index in [0.717, 1.165) is 17.5 Å². The zero-order chi connectivity index (χ0) is 16.8. The largest absolute Gasteiger partial charge is 0.318 e. The molecule has 5 nitrogen and oxygen atoms in total. The predicted octanol–water partition coefficient (Wildman–Crippen LogP) is 3.01. The number of para-hydroxylation sites is 1. The van der Waals surface area contributed by atoms with Gasteiger partial charge in [0.15, 0.2) is 0 Å². The number of carbonyl (C=O) groups excluding carboxylic acids is 2. The van der Waals surface area contributed by atoms with E-state index in [1.807, 2.05) is 38.1 Å². The van der Waals surface area contributed by atoms with E-state index in [4.69, 9.17) is 5.26 Å². The van der Waals surface area contributed by atoms with Crippen molar-refractivity contribution in [2.45, 2.75) is 20.3 Å². The van der Waals surface area contributed by atoms with Crippen LogP contribution in [-0.4, -0.2) is 11.8 Å². The molecule has 2 amide bonds. The molecule has 0 fully saturated rings. The molecule has 0 saturated carbocycles. The lowest BCUT2D eigenvalue weighted by Gasteiger charge is -2.12. The second kappa shape index (κ2) is 7.23. The molecule has 0 spiro atoms. The van der Waals surface area contributed by atoms with Gasteiger partial charge in [-0.1, -0.05) is 25.1 Å². The average molecular weight is 307 g/mol. The summed E-state index contributed by atoms with van der Waals surface area (Å²) >= 11 is 0. The summed E-state index contributed by atoms with van der Waals surface area (Å²) in [6.45, 7) is 3.87. The molecule has 0 bridgehead atoms. The molecule has 0 aromatic heterocycles. The zero-order valence-corrected chi connectivity index (χ0v) is 13.0. The van der Waals surface area contributed by atoms with E-state index in [1.165, 1.54) is 0 Å². The van der Waals surface area contributed by atoms with Crippen molar-refractivity contribution in [2.75, 3.05) is 10.6 Å². The Morgan fingerprint density at radius 2 is 1.70 bits per heavy atom. The van der Waals surface area contributed by atoms with Crippen LogP contribution in [0, 0.1) is 18.3 Å². The molecular weight excluding hydrogens is 290 g/mol. The van der Waals surface area contributed by atoms with Crippen molar-refractivity contribution < 1.29 is 9.59 Å². The molecule has 2 N–H and O–H groups in total. The van der Waals surface area contributed by atoms with Gasteiger partial charge in [0.1, 0.15) is 0 Å². The molecule has 2 aromatic carbocycles. The minimum Gasteiger partial charge on any atom is -0.318 e. The fourth-order valence-electron chi connectivity index (χ4n) is 2.19. The highest BCUT2D eigenvalue weighted by Gasteiger charge is 2.16. The molecular formula is C18H17N3O2. The van der Waals surface area contributed by atoms with Crippen molar-refractivity contribution >= 4 is 23.2 Å². The van der Waals surface area contributed by atoms with E-state index in [-0.39, 0.29) is 0 Å². The van der Waals surface area contributed by atoms with E-state index < -0.39 is 11.8 Å². The van der Waals surface area contributed by atoms with E-state index in [0.29, 0.717) is 16.9 Å². The Morgan fingerprint density at radius 1 is 1.04 bits per heavy atom. The van der Waals surface area contributed by atoms with Gasteiger partial charge in [0.05, 0.1) is 11.6 Å². The predicted molar refractivity (Wildman–Crippen MR) is 89.0 cm³/mol. The van der Waals surface area contributed by atoms with Gasteiger partial charge < -0.3 is 10.6 Å². The van der Waals surface area contributed by atoms with Crippen molar-refractivity contribution in [3.63, 3.8) is 0 Å². The maximum Gasteiger partial charge on any atom is 0.314 e. The maximum atomic E-state index is 12.1. The first-order chi connectivity index (χ1) is 11.0. The molecule has 0 aliphatic heterocycles. The highest BCUT2D eigenvalue weighted by molar-refractivity contribution is 6.43. The standard InChI is InChI=1S/C18H17N3O2/c1-3-14-6-4-5-12(2)16(14)21-18(23)17(22)20-15-9-7-13(11-19)8-10-15/h4-10H,3H2,1-2H3,(H,20,22)(H,21,23). The number of benzene rings is 2. The summed E-state index contributed by atoms with van der Waals surface area (Å²) in [5.41, 5.74) is 3.51. The number of rotatable bonds is 3. The molecule has 0 heterocycles. The van der Waals surface area contributed by atoms with Crippen LogP contribution in [0.5, 0.6) is 0 Å². The number of hydrogen-bond donors (Lipinski definition) is 2. The fraction of sp³-hybridized carbons (Fsp3) is 0.167. The Balaban J connectivity index is 2.08. The third kappa shape index (κ3) is 3.95. The van der Waals surface area contributed by atoms with Crippen LogP contribution in [0.15, 0.2) is 42.5 Å². The summed E-state index contributed by atoms with van der Waals surface area (Å²) in [7, 11) is 0. The lowest BCUT2D eigenvalue weighted by Crippen LogP contribution is -2.29. The Labute approximate surface area is 134 Å². The Bertz CT molecular complexity index is 774. The van der Waals surface area contributed by atoms with E-state index in [9.17, 15) is 9.59 Å². The van der Waals surface area contributed by atoms with Crippen molar-refractivity contribution in [1.29, 1.82) is 5.26 Å². The van der Waals surface area contributed by atoms with Gasteiger partial charge >= 0.3 is 11.8 Å². The summed E-state index contributed by atoms with van der Waals surface area (Å²) in [5.74, 6) is -1.47. The molecule has 2 aromatic rings. The molecule has 0 aliphatic carbocycles. The van der Waals surface area contributed by atoms with Crippen LogP contribution in [0.3, 0.4) is 0 Å². The number of amides is 2. The van der Waals surface area contributed by atoms with E-state index >= 15 is 0 Å². The zero-order valence-electron chi connectivity index (χ0n) is 13.0. The molecule has 2 rings (SSSR count). The normalized spacial score (nSPS) is 9.78. The number of nitrogens with zero attached hydrogens (tertiary/aromatic N) is 1. The first-order valence-electron chi connectivity index (χ1n) is 7.26. The smallest absolute Gasteiger partial charge is 0.314 e. The number of nitrogens with one attached hydrogen (secondary N) is 2. The van der Waals surface area contributed by atoms with E-state index in [2.05, 4.69) is 10.6 Å². The minimum atomic E-state index is -0.750. The lowest BCUT2D eigenvalue weighted by atomic mass is 10.1. The molecule has 0 saturated heterocycles. The summed E-state index contributed by atoms with van der Waals surface area (Å²) in [5, 5.41) is 13.9. The Hall–Kier alpha value is -3.13. The van der Waals surface area contributed by atoms with Gasteiger partial charge in [-0.2, -0.15) is 5.26 Å². The fourth-order valence-corrected chi connectivity index (χ4v) is 2.19. The quantitative estimate of drug-likeness (QED) is 0.855. The third-order valence-corrected chi connectivity index (χ3v) is 3.46. The molecule has 116 valence electrons. The van der Waals surface area contributed by atoms with Gasteiger partial charge in [0, 0.05) is 11.4 Å². The molecule has 0 aliphatic rings. The first-order valence-corrected chi connectivity index (χ1v) is 7.26. The van der Waals surface area contributed by atoms with Crippen LogP contribution in [0.2, 0.25) is 0 Å². The van der Waals surface area contributed by atoms with Gasteiger partial charge in [-0.05, 0) is 48.7 Å². The number of aryl methyl sites for hydroxylation is 2. The number of carbonyl (C=O) groups is 2. The average Bonchev–Trinajstić information content (AvgIpc) is 2.57. The van der Waals surface area contributed by atoms with Gasteiger partial charge in [0.2, 0.25) is 0 Å². The summed E-state index contributed by atoms with van der Waals surface area (Å²) in [6, 6.07) is 14.0. The minimum absolute atomic E-state index is 0.463. The van der Waals surface area contributed by atoms with Crippen molar-refractivity contribution in [3.8, 4) is 6.07 Å². The lowest BCUT2D eigenvalue weighted by molar-refractivity contribution is -0.133. The van der Waals surface area contributed by atoms with Crippen molar-refractivity contribution in [1.82, 2.24) is 0 Å². The molecule has 0 unspecified atom stereocenters. The molecule has 0 radical (unpaired) electrons. The molecule has 23 heavy (non-hydrogen) atoms. The van der Waals surface area contributed by atoms with Crippen molar-refractivity contribution in [2.24, 2.45) is 0 Å². The topological polar surface area (TPSA) is 82.0 Å². The van der Waals surface area contributed by atoms with Gasteiger partial charge in [0.25, 0.3) is 0 Å². The first kappa shape index (κ1) is 16.2. The second-order valence-corrected chi connectivity index (χ2v) is 5.06. The van der Waals surface area contributed by atoms with Gasteiger partial charge in [-0.15, -0.1) is 0 Å². The Kier molecular flexibility index (Phi) is 5.11.